The molecule has 8 atom stereocenters. The molecule has 0 amide bonds. The molecule has 5 heterocycles. The number of hydrogen-bond donors (Lipinski definition) is 3. The number of aromatic amines is 1. The number of nitrogens with one attached hydrogen (secondary N) is 1. The number of ether oxygens (including phenoxy) is 4. The van der Waals surface area contributed by atoms with Crippen LogP contribution in [0.4, 0.5) is 5.69 Å². The van der Waals surface area contributed by atoms with Gasteiger partial charge in [-0.3, -0.25) is 19.4 Å². The summed E-state index contributed by atoms with van der Waals surface area (Å²) in [5.41, 5.74) is 0.535. The Balaban J connectivity index is 1.33. The molecular weight excluding hydrogens is 825 g/mol. The zero-order valence-electron chi connectivity index (χ0n) is 38.6. The highest BCUT2D eigenvalue weighted by Crippen LogP contribution is 2.68. The van der Waals surface area contributed by atoms with Crippen LogP contribution in [-0.4, -0.2) is 128 Å². The number of para-hydroxylation sites is 1. The highest BCUT2D eigenvalue weighted by molar-refractivity contribution is 5.95. The van der Waals surface area contributed by atoms with Crippen LogP contribution in [0, 0.1) is 11.3 Å². The molecule has 1 aromatic heterocycles. The second-order valence-corrected chi connectivity index (χ2v) is 19.1. The third-order valence-electron chi connectivity index (χ3n) is 16.0. The highest BCUT2D eigenvalue weighted by atomic mass is 16.6. The van der Waals surface area contributed by atoms with Crippen molar-refractivity contribution in [2.75, 3.05) is 66.1 Å². The topological polar surface area (TPSA) is 154 Å². The van der Waals surface area contributed by atoms with Gasteiger partial charge in [0.15, 0.2) is 6.10 Å². The Morgan fingerprint density at radius 2 is 1.68 bits per heavy atom. The second kappa shape index (κ2) is 17.2. The van der Waals surface area contributed by atoms with E-state index in [1.54, 1.807) is 7.11 Å². The molecule has 13 nitrogen and oxygen atoms in total. The molecular formula is C52H64N4O9. The van der Waals surface area contributed by atoms with Crippen LogP contribution in [0.1, 0.15) is 80.3 Å². The fraction of sp³-hybridized carbons (Fsp3) is 0.519. The Morgan fingerprint density at radius 1 is 0.923 bits per heavy atom. The number of rotatable bonds is 12. The van der Waals surface area contributed by atoms with E-state index in [9.17, 15) is 19.8 Å². The molecule has 3 aromatic carbocycles. The summed E-state index contributed by atoms with van der Waals surface area (Å²) in [5.74, 6) is -1.47. The molecule has 5 aliphatic rings. The standard InChI is InChI=1S/C52H64N4O9/c1-7-49-22-15-24-56-26-23-50(44(49)56)38-28-39(42(62-4)29-41(38)54(3)45(50)52(61,48(60)64-6)46(49)65-33(2)58)51(47(59)63-5)30-35(18-13-14-27-57)32-55(31-34-16-9-8-10-17-34)25-21-37-36-19-11-12-20-40(36)53-43(37)51/h8-12,15-17,19-20,22,28-29,35,44-46,53,57,61H,7,13-14,18,21,23-27,30-32H2,1-6H3/t35-,44+,45-,46-,49-,50-,51-,52+/m1/s1. The van der Waals surface area contributed by atoms with Crippen LogP contribution in [0.25, 0.3) is 10.9 Å². The number of aromatic nitrogens is 1. The minimum atomic E-state index is -2.31. The fourth-order valence-corrected chi connectivity index (χ4v) is 13.7. The Bertz CT molecular complexity index is 2490. The van der Waals surface area contributed by atoms with Crippen LogP contribution in [0.3, 0.4) is 0 Å². The molecule has 1 saturated heterocycles. The summed E-state index contributed by atoms with van der Waals surface area (Å²) in [6, 6.07) is 21.5. The number of likely N-dealkylation sites (N-methyl/N-ethyl adjacent to an activating group) is 1. The molecule has 0 bridgehead atoms. The van der Waals surface area contributed by atoms with Gasteiger partial charge in [0.25, 0.3) is 0 Å². The lowest BCUT2D eigenvalue weighted by atomic mass is 9.47. The number of nitrogens with zero attached hydrogens (tertiary/aromatic N) is 3. The van der Waals surface area contributed by atoms with Gasteiger partial charge in [0, 0.05) is 97.5 Å². The van der Waals surface area contributed by atoms with Crippen molar-refractivity contribution in [2.24, 2.45) is 11.3 Å². The number of fused-ring (bicyclic) bond motifs is 4. The monoisotopic (exact) mass is 888 g/mol. The predicted molar refractivity (Wildman–Crippen MR) is 247 cm³/mol. The van der Waals surface area contributed by atoms with Crippen LogP contribution >= 0.6 is 0 Å². The zero-order chi connectivity index (χ0) is 45.9. The van der Waals surface area contributed by atoms with Crippen LogP contribution in [0.15, 0.2) is 78.9 Å². The molecule has 65 heavy (non-hydrogen) atoms. The summed E-state index contributed by atoms with van der Waals surface area (Å²) in [7, 11) is 6.21. The van der Waals surface area contributed by atoms with E-state index in [-0.39, 0.29) is 18.6 Å². The lowest BCUT2D eigenvalue weighted by Gasteiger charge is -2.63. The van der Waals surface area contributed by atoms with Crippen LogP contribution in [0.5, 0.6) is 5.75 Å². The number of anilines is 1. The van der Waals surface area contributed by atoms with Gasteiger partial charge in [-0.15, -0.1) is 0 Å². The number of hydrogen-bond acceptors (Lipinski definition) is 12. The first-order valence-corrected chi connectivity index (χ1v) is 23.3. The number of aliphatic hydroxyl groups excluding tert-OH is 1. The Hall–Kier alpha value is -5.21. The van der Waals surface area contributed by atoms with Gasteiger partial charge in [-0.2, -0.15) is 0 Å². The smallest absolute Gasteiger partial charge is 0.344 e. The van der Waals surface area contributed by atoms with E-state index in [2.05, 4.69) is 69.4 Å². The molecule has 1 saturated carbocycles. The molecule has 2 fully saturated rings. The first-order chi connectivity index (χ1) is 31.4. The summed E-state index contributed by atoms with van der Waals surface area (Å²) in [6.45, 7) is 6.90. The van der Waals surface area contributed by atoms with Crippen molar-refractivity contribution >= 4 is 34.5 Å². The van der Waals surface area contributed by atoms with Crippen molar-refractivity contribution in [2.45, 2.75) is 100.0 Å². The minimum absolute atomic E-state index is 0.0324. The number of unbranched alkanes of at least 4 members (excludes halogenated alkanes) is 1. The fourth-order valence-electron chi connectivity index (χ4n) is 13.7. The molecule has 1 spiro atoms. The van der Waals surface area contributed by atoms with Crippen LogP contribution in [0.2, 0.25) is 0 Å². The molecule has 3 N–H and O–H groups in total. The van der Waals surface area contributed by atoms with Gasteiger partial charge < -0.3 is 39.0 Å². The van der Waals surface area contributed by atoms with Gasteiger partial charge in [-0.25, -0.2) is 4.79 Å². The van der Waals surface area contributed by atoms with Gasteiger partial charge in [0.2, 0.25) is 5.60 Å². The zero-order valence-corrected chi connectivity index (χ0v) is 38.6. The van der Waals surface area contributed by atoms with E-state index in [0.29, 0.717) is 63.1 Å². The lowest BCUT2D eigenvalue weighted by Crippen LogP contribution is -2.81. The number of esters is 3. The molecule has 0 radical (unpaired) electrons. The highest BCUT2D eigenvalue weighted by Gasteiger charge is 2.80. The van der Waals surface area contributed by atoms with Gasteiger partial charge in [-0.1, -0.05) is 74.0 Å². The Morgan fingerprint density at radius 3 is 2.38 bits per heavy atom. The van der Waals surface area contributed by atoms with Crippen molar-refractivity contribution in [3.8, 4) is 5.75 Å². The largest absolute Gasteiger partial charge is 0.496 e. The summed E-state index contributed by atoms with van der Waals surface area (Å²) < 4.78 is 24.2. The summed E-state index contributed by atoms with van der Waals surface area (Å²) in [4.78, 5) is 53.9. The molecule has 9 rings (SSSR count). The van der Waals surface area contributed by atoms with Gasteiger partial charge in [0.1, 0.15) is 11.2 Å². The van der Waals surface area contributed by atoms with Crippen molar-refractivity contribution in [1.29, 1.82) is 0 Å². The molecule has 4 aliphatic heterocycles. The number of H-pyrrole nitrogens is 1. The van der Waals surface area contributed by atoms with Gasteiger partial charge >= 0.3 is 17.9 Å². The van der Waals surface area contributed by atoms with E-state index in [0.717, 1.165) is 59.3 Å². The first kappa shape index (κ1) is 45.0. The predicted octanol–water partition coefficient (Wildman–Crippen LogP) is 5.81. The van der Waals surface area contributed by atoms with E-state index in [4.69, 9.17) is 18.9 Å². The Labute approximate surface area is 381 Å². The van der Waals surface area contributed by atoms with Gasteiger partial charge in [0.05, 0.1) is 27.4 Å². The summed E-state index contributed by atoms with van der Waals surface area (Å²) >= 11 is 0. The number of carbonyl (C=O) groups is 3. The second-order valence-electron chi connectivity index (χ2n) is 19.1. The number of aliphatic hydroxyl groups is 2. The van der Waals surface area contributed by atoms with Crippen molar-refractivity contribution in [3.05, 3.63) is 107 Å². The van der Waals surface area contributed by atoms with Crippen molar-refractivity contribution < 1.29 is 43.5 Å². The molecule has 1 aliphatic carbocycles. The minimum Gasteiger partial charge on any atom is -0.496 e. The maximum Gasteiger partial charge on any atom is 0.344 e. The van der Waals surface area contributed by atoms with Crippen molar-refractivity contribution in [1.82, 2.24) is 14.8 Å². The van der Waals surface area contributed by atoms with Crippen LogP contribution in [-0.2, 0) is 52.4 Å². The van der Waals surface area contributed by atoms with Gasteiger partial charge in [-0.05, 0) is 79.8 Å². The van der Waals surface area contributed by atoms with Crippen LogP contribution < -0.4 is 9.64 Å². The maximum absolute atomic E-state index is 15.6. The maximum atomic E-state index is 15.6. The average molecular weight is 889 g/mol. The van der Waals surface area contributed by atoms with E-state index < -0.39 is 51.9 Å². The normalized spacial score (nSPS) is 30.6. The molecule has 13 heteroatoms. The van der Waals surface area contributed by atoms with E-state index >= 15 is 4.79 Å². The van der Waals surface area contributed by atoms with E-state index in [1.807, 2.05) is 43.1 Å². The Kier molecular flexibility index (Phi) is 11.9. The molecule has 0 unspecified atom stereocenters. The summed E-state index contributed by atoms with van der Waals surface area (Å²) in [5, 5.41) is 24.5. The SMILES string of the molecule is CC[C@]12C=CCN3CC[C@@]4(c5cc([C@]6(C(=O)OC)C[C@@H](CCCCO)CN(Cc7ccccc7)CCc7c6[nH]c6ccccc76)c(OC)cc5N(C)[C@H]4[C@@](O)(C(=O)OC)[C@@H]1OC(C)=O)[C@@H]32. The first-order valence-electron chi connectivity index (χ1n) is 23.3. The summed E-state index contributed by atoms with van der Waals surface area (Å²) in [6.07, 6.45) is 7.07. The molecule has 4 aromatic rings. The number of methoxy groups -OCH3 is 3. The van der Waals surface area contributed by atoms with Crippen molar-refractivity contribution in [3.63, 3.8) is 0 Å². The number of benzene rings is 3. The quantitative estimate of drug-likeness (QED) is 0.0682. The molecule has 346 valence electrons. The number of carbonyl (C=O) groups excluding carboxylic acids is 3. The third kappa shape index (κ3) is 6.66. The third-order valence-corrected chi connectivity index (χ3v) is 16.0. The average Bonchev–Trinajstić information content (AvgIpc) is 3.98. The lowest BCUT2D eigenvalue weighted by molar-refractivity contribution is -0.228. The van der Waals surface area contributed by atoms with E-state index in [1.165, 1.54) is 26.7 Å².